The Morgan fingerprint density at radius 3 is 2.52 bits per heavy atom. The van der Waals surface area contributed by atoms with Gasteiger partial charge in [-0.3, -0.25) is 9.59 Å². The highest BCUT2D eigenvalue weighted by molar-refractivity contribution is 5.94. The fraction of sp³-hybridized carbons (Fsp3) is 0.429. The lowest BCUT2D eigenvalue weighted by Crippen LogP contribution is -2.44. The number of rotatable bonds is 4. The third-order valence-corrected chi connectivity index (χ3v) is 3.44. The lowest BCUT2D eigenvalue weighted by atomic mass is 9.97. The maximum atomic E-state index is 12.3. The number of hydrogen-bond acceptors (Lipinski definition) is 3. The van der Waals surface area contributed by atoms with Gasteiger partial charge in [-0.25, -0.2) is 0 Å². The quantitative estimate of drug-likeness (QED) is 0.918. The zero-order valence-corrected chi connectivity index (χ0v) is 11.3. The van der Waals surface area contributed by atoms with Crippen molar-refractivity contribution in [1.29, 1.82) is 0 Å². The van der Waals surface area contributed by atoms with Crippen molar-refractivity contribution in [1.82, 2.24) is 4.90 Å². The molecule has 1 heterocycles. The minimum Gasteiger partial charge on any atom is -0.435 e. The Bertz CT molecular complexity index is 519. The van der Waals surface area contributed by atoms with Crippen LogP contribution < -0.4 is 10.5 Å². The van der Waals surface area contributed by atoms with Crippen molar-refractivity contribution >= 4 is 11.8 Å². The summed E-state index contributed by atoms with van der Waals surface area (Å²) in [6.45, 7) is -2.05. The van der Waals surface area contributed by atoms with Gasteiger partial charge in [-0.1, -0.05) is 0 Å². The summed E-state index contributed by atoms with van der Waals surface area (Å²) in [5.41, 5.74) is 5.63. The van der Waals surface area contributed by atoms with Crippen LogP contribution in [-0.2, 0) is 4.79 Å². The SMILES string of the molecule is NC(=O)C1CCCN(C(=O)c2ccc(OC(F)F)cc2)C1. The number of carbonyl (C=O) groups is 2. The minimum absolute atomic E-state index is 0.00444. The van der Waals surface area contributed by atoms with Gasteiger partial charge in [-0.05, 0) is 37.1 Å². The molecule has 2 N–H and O–H groups in total. The highest BCUT2D eigenvalue weighted by atomic mass is 19.3. The molecule has 21 heavy (non-hydrogen) atoms. The summed E-state index contributed by atoms with van der Waals surface area (Å²) < 4.78 is 28.3. The molecule has 0 bridgehead atoms. The molecule has 0 aromatic heterocycles. The molecule has 7 heteroatoms. The first-order valence-electron chi connectivity index (χ1n) is 6.61. The first-order chi connectivity index (χ1) is 9.97. The molecule has 1 atom stereocenters. The molecular formula is C14H16F2N2O3. The molecule has 1 aromatic rings. The number of nitrogens with two attached hydrogens (primary N) is 1. The lowest BCUT2D eigenvalue weighted by Gasteiger charge is -2.31. The molecule has 1 aliphatic rings. The predicted molar refractivity (Wildman–Crippen MR) is 70.9 cm³/mol. The molecule has 1 fully saturated rings. The number of benzene rings is 1. The second kappa shape index (κ2) is 6.51. The number of nitrogens with zero attached hydrogens (tertiary/aromatic N) is 1. The zero-order chi connectivity index (χ0) is 15.4. The number of primary amides is 1. The largest absolute Gasteiger partial charge is 0.435 e. The second-order valence-electron chi connectivity index (χ2n) is 4.90. The van der Waals surface area contributed by atoms with Crippen molar-refractivity contribution in [3.8, 4) is 5.75 Å². The van der Waals surface area contributed by atoms with Crippen molar-refractivity contribution in [2.75, 3.05) is 13.1 Å². The number of halogens is 2. The summed E-state index contributed by atoms with van der Waals surface area (Å²) >= 11 is 0. The van der Waals surface area contributed by atoms with Crippen molar-refractivity contribution in [3.05, 3.63) is 29.8 Å². The van der Waals surface area contributed by atoms with Gasteiger partial charge in [0.05, 0.1) is 5.92 Å². The van der Waals surface area contributed by atoms with Gasteiger partial charge in [0, 0.05) is 18.7 Å². The monoisotopic (exact) mass is 298 g/mol. The van der Waals surface area contributed by atoms with Gasteiger partial charge in [0.15, 0.2) is 0 Å². The highest BCUT2D eigenvalue weighted by Crippen LogP contribution is 2.20. The topological polar surface area (TPSA) is 72.6 Å². The number of alkyl halides is 2. The number of amides is 2. The number of hydrogen-bond donors (Lipinski definition) is 1. The van der Waals surface area contributed by atoms with E-state index in [1.807, 2.05) is 0 Å². The maximum Gasteiger partial charge on any atom is 0.387 e. The van der Waals surface area contributed by atoms with Gasteiger partial charge < -0.3 is 15.4 Å². The molecule has 0 spiro atoms. The van der Waals surface area contributed by atoms with E-state index in [0.717, 1.165) is 0 Å². The summed E-state index contributed by atoms with van der Waals surface area (Å²) in [5.74, 6) is -0.989. The molecule has 2 rings (SSSR count). The molecule has 1 aromatic carbocycles. The molecule has 5 nitrogen and oxygen atoms in total. The van der Waals surface area contributed by atoms with Crippen molar-refractivity contribution in [2.24, 2.45) is 11.7 Å². The minimum atomic E-state index is -2.90. The highest BCUT2D eigenvalue weighted by Gasteiger charge is 2.27. The third-order valence-electron chi connectivity index (χ3n) is 3.44. The molecule has 1 saturated heterocycles. The Labute approximate surface area is 120 Å². The molecule has 1 unspecified atom stereocenters. The van der Waals surface area contributed by atoms with E-state index in [1.165, 1.54) is 24.3 Å². The Morgan fingerprint density at radius 2 is 1.95 bits per heavy atom. The van der Waals surface area contributed by atoms with Crippen LogP contribution in [0.1, 0.15) is 23.2 Å². The molecule has 114 valence electrons. The molecular weight excluding hydrogens is 282 g/mol. The Balaban J connectivity index is 2.03. The van der Waals surface area contributed by atoms with Crippen molar-refractivity contribution < 1.29 is 23.1 Å². The number of piperidine rings is 1. The van der Waals surface area contributed by atoms with Gasteiger partial charge in [0.2, 0.25) is 5.91 Å². The van der Waals surface area contributed by atoms with Gasteiger partial charge in [-0.2, -0.15) is 8.78 Å². The standard InChI is InChI=1S/C14H16F2N2O3/c15-14(16)21-11-5-3-9(4-6-11)13(20)18-7-1-2-10(8-18)12(17)19/h3-6,10,14H,1-2,7-8H2,(H2,17,19). The summed E-state index contributed by atoms with van der Waals surface area (Å²) in [4.78, 5) is 25.0. The molecule has 0 saturated carbocycles. The van der Waals surface area contributed by atoms with Crippen LogP contribution in [0.5, 0.6) is 5.75 Å². The van der Waals surface area contributed by atoms with Gasteiger partial charge in [0.1, 0.15) is 5.75 Å². The van der Waals surface area contributed by atoms with E-state index in [9.17, 15) is 18.4 Å². The Hall–Kier alpha value is -2.18. The van der Waals surface area contributed by atoms with Gasteiger partial charge in [0.25, 0.3) is 5.91 Å². The van der Waals surface area contributed by atoms with Crippen LogP contribution in [0, 0.1) is 5.92 Å². The predicted octanol–water partition coefficient (Wildman–Crippen LogP) is 1.63. The van der Waals surface area contributed by atoms with E-state index >= 15 is 0 Å². The third kappa shape index (κ3) is 3.90. The summed E-state index contributed by atoms with van der Waals surface area (Å²) in [5, 5.41) is 0. The average Bonchev–Trinajstić information content (AvgIpc) is 2.47. The van der Waals surface area contributed by atoms with E-state index < -0.39 is 12.5 Å². The summed E-state index contributed by atoms with van der Waals surface area (Å²) in [6, 6.07) is 5.48. The van der Waals surface area contributed by atoms with Crippen LogP contribution in [0.2, 0.25) is 0 Å². The van der Waals surface area contributed by atoms with Crippen molar-refractivity contribution in [2.45, 2.75) is 19.5 Å². The number of ether oxygens (including phenoxy) is 1. The first kappa shape index (κ1) is 15.2. The Kier molecular flexibility index (Phi) is 4.72. The normalized spacial score (nSPS) is 18.6. The van der Waals surface area contributed by atoms with Crippen LogP contribution in [0.15, 0.2) is 24.3 Å². The number of likely N-dealkylation sites (tertiary alicyclic amines) is 1. The van der Waals surface area contributed by atoms with Crippen LogP contribution in [-0.4, -0.2) is 36.4 Å². The smallest absolute Gasteiger partial charge is 0.387 e. The van der Waals surface area contributed by atoms with Crippen LogP contribution in [0.4, 0.5) is 8.78 Å². The zero-order valence-electron chi connectivity index (χ0n) is 11.3. The first-order valence-corrected chi connectivity index (χ1v) is 6.61. The van der Waals surface area contributed by atoms with Gasteiger partial charge in [-0.15, -0.1) is 0 Å². The molecule has 0 radical (unpaired) electrons. The number of carbonyl (C=O) groups excluding carboxylic acids is 2. The fourth-order valence-corrected chi connectivity index (χ4v) is 2.36. The van der Waals surface area contributed by atoms with Crippen LogP contribution in [0.25, 0.3) is 0 Å². The van der Waals surface area contributed by atoms with E-state index in [0.29, 0.717) is 31.5 Å². The fourth-order valence-electron chi connectivity index (χ4n) is 2.36. The van der Waals surface area contributed by atoms with E-state index in [2.05, 4.69) is 4.74 Å². The van der Waals surface area contributed by atoms with Crippen LogP contribution in [0.3, 0.4) is 0 Å². The molecule has 2 amide bonds. The van der Waals surface area contributed by atoms with E-state index in [4.69, 9.17) is 5.73 Å². The molecule has 1 aliphatic heterocycles. The summed E-state index contributed by atoms with van der Waals surface area (Å²) in [6.07, 6.45) is 1.40. The van der Waals surface area contributed by atoms with Crippen molar-refractivity contribution in [3.63, 3.8) is 0 Å². The average molecular weight is 298 g/mol. The van der Waals surface area contributed by atoms with E-state index in [-0.39, 0.29) is 17.6 Å². The van der Waals surface area contributed by atoms with Crippen LogP contribution >= 0.6 is 0 Å². The maximum absolute atomic E-state index is 12.3. The van der Waals surface area contributed by atoms with E-state index in [1.54, 1.807) is 4.90 Å². The Morgan fingerprint density at radius 1 is 1.29 bits per heavy atom. The molecule has 0 aliphatic carbocycles. The lowest BCUT2D eigenvalue weighted by molar-refractivity contribution is -0.123. The van der Waals surface area contributed by atoms with Gasteiger partial charge >= 0.3 is 6.61 Å². The summed E-state index contributed by atoms with van der Waals surface area (Å²) in [7, 11) is 0. The second-order valence-corrected chi connectivity index (χ2v) is 4.90.